The van der Waals surface area contributed by atoms with Crippen molar-refractivity contribution in [3.8, 4) is 11.5 Å². The molecule has 1 amide bonds. The molecule has 0 fully saturated rings. The van der Waals surface area contributed by atoms with Crippen molar-refractivity contribution < 1.29 is 14.3 Å². The molecule has 158 valence electrons. The van der Waals surface area contributed by atoms with Gasteiger partial charge in [-0.05, 0) is 73.1 Å². The number of aliphatic imine (C=N–C) groups is 1. The molecule has 0 atom stereocenters. The molecule has 0 aromatic heterocycles. The van der Waals surface area contributed by atoms with Crippen LogP contribution in [0.5, 0.6) is 11.5 Å². The van der Waals surface area contributed by atoms with Gasteiger partial charge in [-0.1, -0.05) is 23.7 Å². The van der Waals surface area contributed by atoms with Crippen molar-refractivity contribution in [1.82, 2.24) is 5.01 Å². The third kappa shape index (κ3) is 4.81. The lowest BCUT2D eigenvalue weighted by atomic mass is 10.1. The number of fused-ring (bicyclic) bond motifs is 1. The van der Waals surface area contributed by atoms with Gasteiger partial charge in [0, 0.05) is 5.02 Å². The van der Waals surface area contributed by atoms with E-state index < -0.39 is 5.91 Å². The molecule has 2 aliphatic heterocycles. The Balaban J connectivity index is 1.40. The average molecular weight is 455 g/mol. The molecular formula is C22H19ClN4O3S. The minimum Gasteiger partial charge on any atom is -0.490 e. The monoisotopic (exact) mass is 454 g/mol. The van der Waals surface area contributed by atoms with Crippen LogP contribution < -0.4 is 9.47 Å². The van der Waals surface area contributed by atoms with Gasteiger partial charge in [0.2, 0.25) is 5.17 Å². The van der Waals surface area contributed by atoms with Crippen LogP contribution in [0, 0.1) is 12.3 Å². The number of benzene rings is 2. The van der Waals surface area contributed by atoms with Crippen molar-refractivity contribution >= 4 is 51.4 Å². The van der Waals surface area contributed by atoms with Crippen molar-refractivity contribution in [3.05, 3.63) is 64.2 Å². The van der Waals surface area contributed by atoms with Gasteiger partial charge in [0.25, 0.3) is 5.91 Å². The summed E-state index contributed by atoms with van der Waals surface area (Å²) in [6.07, 6.45) is 1.62. The van der Waals surface area contributed by atoms with Crippen LogP contribution in [0.15, 0.2) is 58.1 Å². The molecule has 0 saturated heterocycles. The highest BCUT2D eigenvalue weighted by atomic mass is 35.5. The van der Waals surface area contributed by atoms with Gasteiger partial charge in [0.1, 0.15) is 24.7 Å². The fourth-order valence-electron chi connectivity index (χ4n) is 2.97. The normalized spacial score (nSPS) is 16.9. The number of halogens is 1. The Morgan fingerprint density at radius 1 is 1.13 bits per heavy atom. The number of nitrogens with one attached hydrogen (secondary N) is 1. The molecule has 4 rings (SSSR count). The van der Waals surface area contributed by atoms with Gasteiger partial charge in [-0.25, -0.2) is 0 Å². The summed E-state index contributed by atoms with van der Waals surface area (Å²) in [5, 5.41) is 15.8. The molecule has 0 saturated carbocycles. The van der Waals surface area contributed by atoms with Crippen molar-refractivity contribution in [2.45, 2.75) is 13.8 Å². The van der Waals surface area contributed by atoms with Crippen LogP contribution in [0.25, 0.3) is 6.08 Å². The number of carbonyl (C=O) groups excluding carboxylic acids is 1. The van der Waals surface area contributed by atoms with Gasteiger partial charge in [0.05, 0.1) is 10.6 Å². The van der Waals surface area contributed by atoms with E-state index in [0.29, 0.717) is 29.2 Å². The Labute approximate surface area is 188 Å². The van der Waals surface area contributed by atoms with Crippen LogP contribution in [0.4, 0.5) is 0 Å². The SMILES string of the molecule is CC1=NN2C(=N)/C(=C/c3cccc(OCCOc4ccc(Cl)c(C)c4)c3)C(=O)N=C2S1. The Morgan fingerprint density at radius 3 is 2.61 bits per heavy atom. The number of amides is 1. The first-order chi connectivity index (χ1) is 14.9. The number of hydrogen-bond acceptors (Lipinski definition) is 6. The minimum atomic E-state index is -0.452. The molecule has 31 heavy (non-hydrogen) atoms. The molecule has 0 radical (unpaired) electrons. The molecule has 0 spiro atoms. The van der Waals surface area contributed by atoms with Crippen molar-refractivity contribution in [1.29, 1.82) is 5.41 Å². The van der Waals surface area contributed by atoms with Gasteiger partial charge in [-0.3, -0.25) is 10.2 Å². The van der Waals surface area contributed by atoms with E-state index in [2.05, 4.69) is 10.1 Å². The lowest BCUT2D eigenvalue weighted by molar-refractivity contribution is -0.114. The van der Waals surface area contributed by atoms with Crippen LogP contribution in [0.3, 0.4) is 0 Å². The molecule has 0 unspecified atom stereocenters. The number of carbonyl (C=O) groups is 1. The van der Waals surface area contributed by atoms with E-state index in [1.807, 2.05) is 44.2 Å². The number of hydrazone groups is 1. The van der Waals surface area contributed by atoms with Gasteiger partial charge < -0.3 is 9.47 Å². The second kappa shape index (κ2) is 8.95. The number of thioether (sulfide) groups is 1. The van der Waals surface area contributed by atoms with Crippen molar-refractivity contribution in [3.63, 3.8) is 0 Å². The van der Waals surface area contributed by atoms with E-state index in [0.717, 1.165) is 21.9 Å². The predicted molar refractivity (Wildman–Crippen MR) is 124 cm³/mol. The zero-order chi connectivity index (χ0) is 22.0. The number of nitrogens with zero attached hydrogens (tertiary/aromatic N) is 3. The summed E-state index contributed by atoms with van der Waals surface area (Å²) in [6.45, 7) is 4.45. The summed E-state index contributed by atoms with van der Waals surface area (Å²) in [4.78, 5) is 16.4. The van der Waals surface area contributed by atoms with Crippen LogP contribution in [-0.4, -0.2) is 40.2 Å². The van der Waals surface area contributed by atoms with Crippen LogP contribution in [0.1, 0.15) is 18.1 Å². The maximum Gasteiger partial charge on any atom is 0.283 e. The largest absolute Gasteiger partial charge is 0.490 e. The number of hydrogen-bond donors (Lipinski definition) is 1. The molecule has 2 aromatic carbocycles. The quantitative estimate of drug-likeness (QED) is 0.503. The first kappa shape index (κ1) is 21.1. The Kier molecular flexibility index (Phi) is 6.11. The minimum absolute atomic E-state index is 0.0114. The fourth-order valence-corrected chi connectivity index (χ4v) is 3.83. The summed E-state index contributed by atoms with van der Waals surface area (Å²) in [7, 11) is 0. The van der Waals surface area contributed by atoms with Crippen LogP contribution >= 0.6 is 23.4 Å². The van der Waals surface area contributed by atoms with E-state index in [9.17, 15) is 4.79 Å². The van der Waals surface area contributed by atoms with E-state index in [1.54, 1.807) is 18.2 Å². The van der Waals surface area contributed by atoms with Gasteiger partial charge in [0.15, 0.2) is 5.84 Å². The lowest BCUT2D eigenvalue weighted by Gasteiger charge is -2.20. The average Bonchev–Trinajstić information content (AvgIpc) is 3.11. The number of ether oxygens (including phenoxy) is 2. The number of amidine groups is 2. The Morgan fingerprint density at radius 2 is 1.87 bits per heavy atom. The fraction of sp³-hybridized carbons (Fsp3) is 0.182. The van der Waals surface area contributed by atoms with E-state index in [1.165, 1.54) is 16.8 Å². The van der Waals surface area contributed by atoms with E-state index >= 15 is 0 Å². The second-order valence-electron chi connectivity index (χ2n) is 6.82. The highest BCUT2D eigenvalue weighted by Gasteiger charge is 2.34. The Hall–Kier alpha value is -3.10. The molecule has 2 aliphatic rings. The molecule has 9 heteroatoms. The molecule has 0 bridgehead atoms. The number of rotatable bonds is 6. The summed E-state index contributed by atoms with van der Waals surface area (Å²) < 4.78 is 11.5. The summed E-state index contributed by atoms with van der Waals surface area (Å²) in [5.74, 6) is 0.926. The van der Waals surface area contributed by atoms with Gasteiger partial charge >= 0.3 is 0 Å². The molecule has 7 nitrogen and oxygen atoms in total. The Bertz CT molecular complexity index is 1160. The van der Waals surface area contributed by atoms with Gasteiger partial charge in [-0.2, -0.15) is 15.1 Å². The molecule has 2 heterocycles. The zero-order valence-corrected chi connectivity index (χ0v) is 18.5. The lowest BCUT2D eigenvalue weighted by Crippen LogP contribution is -2.35. The van der Waals surface area contributed by atoms with Gasteiger partial charge in [-0.15, -0.1) is 0 Å². The third-order valence-electron chi connectivity index (χ3n) is 4.47. The molecule has 0 aliphatic carbocycles. The van der Waals surface area contributed by atoms with Crippen LogP contribution in [0.2, 0.25) is 5.02 Å². The highest BCUT2D eigenvalue weighted by Crippen LogP contribution is 2.28. The van der Waals surface area contributed by atoms with E-state index in [-0.39, 0.29) is 11.4 Å². The van der Waals surface area contributed by atoms with Crippen LogP contribution in [-0.2, 0) is 4.79 Å². The zero-order valence-electron chi connectivity index (χ0n) is 16.9. The predicted octanol–water partition coefficient (Wildman–Crippen LogP) is 4.75. The highest BCUT2D eigenvalue weighted by molar-refractivity contribution is 8.26. The smallest absolute Gasteiger partial charge is 0.283 e. The first-order valence-electron chi connectivity index (χ1n) is 9.49. The summed E-state index contributed by atoms with van der Waals surface area (Å²) in [6, 6.07) is 12.8. The third-order valence-corrected chi connectivity index (χ3v) is 5.72. The van der Waals surface area contributed by atoms with E-state index in [4.69, 9.17) is 26.5 Å². The summed E-state index contributed by atoms with van der Waals surface area (Å²) >= 11 is 7.30. The maximum absolute atomic E-state index is 12.4. The topological polar surface area (TPSA) is 87.3 Å². The maximum atomic E-state index is 12.4. The standard InChI is InChI=1S/C22H19ClN4O3S/c1-13-10-17(6-7-19(13)23)30-9-8-29-16-5-3-4-15(11-16)12-18-20(24)27-22(25-21(18)28)31-14(2)26-27/h3-7,10-12,24H,8-9H2,1-2H3/b18-12-,24-20?. The molecule has 1 N–H and O–H groups in total. The second-order valence-corrected chi connectivity index (χ2v) is 8.39. The first-order valence-corrected chi connectivity index (χ1v) is 10.7. The molecule has 2 aromatic rings. The summed E-state index contributed by atoms with van der Waals surface area (Å²) in [5.41, 5.74) is 1.86. The molecular weight excluding hydrogens is 436 g/mol. The van der Waals surface area contributed by atoms with Crippen molar-refractivity contribution in [2.75, 3.05) is 13.2 Å². The van der Waals surface area contributed by atoms with Crippen molar-refractivity contribution in [2.24, 2.45) is 10.1 Å². The number of aryl methyl sites for hydroxylation is 1.